The highest BCUT2D eigenvalue weighted by atomic mass is 16.1. The number of nitrogen functional groups attached to an aromatic ring is 1. The van der Waals surface area contributed by atoms with Gasteiger partial charge in [0.25, 0.3) is 0 Å². The minimum Gasteiger partial charge on any atom is -0.384 e. The third-order valence-electron chi connectivity index (χ3n) is 3.24. The Bertz CT molecular complexity index is 410. The van der Waals surface area contributed by atoms with Gasteiger partial charge in [-0.15, -0.1) is 0 Å². The molecule has 1 unspecified atom stereocenters. The highest BCUT2D eigenvalue weighted by Crippen LogP contribution is 2.38. The van der Waals surface area contributed by atoms with Crippen LogP contribution >= 0.6 is 0 Å². The van der Waals surface area contributed by atoms with E-state index in [4.69, 9.17) is 11.5 Å². The highest BCUT2D eigenvalue weighted by molar-refractivity contribution is 5.90. The van der Waals surface area contributed by atoms with Crippen LogP contribution in [0.5, 0.6) is 0 Å². The quantitative estimate of drug-likeness (QED) is 0.788. The van der Waals surface area contributed by atoms with Crippen molar-refractivity contribution in [2.45, 2.75) is 31.7 Å². The lowest BCUT2D eigenvalue weighted by atomic mass is 9.88. The van der Waals surface area contributed by atoms with E-state index in [-0.39, 0.29) is 5.78 Å². The summed E-state index contributed by atoms with van der Waals surface area (Å²) in [5, 5.41) is 0. The summed E-state index contributed by atoms with van der Waals surface area (Å²) in [7, 11) is 0. The van der Waals surface area contributed by atoms with Crippen LogP contribution < -0.4 is 11.5 Å². The molecule has 1 heterocycles. The van der Waals surface area contributed by atoms with Gasteiger partial charge < -0.3 is 11.5 Å². The zero-order chi connectivity index (χ0) is 11.8. The minimum absolute atomic E-state index is 0.0839. The Labute approximate surface area is 95.0 Å². The van der Waals surface area contributed by atoms with Crippen LogP contribution in [0.1, 0.15) is 25.3 Å². The molecule has 2 rings (SSSR count). The number of nitrogens with two attached hydrogens (primary N) is 2. The molecule has 1 aromatic rings. The van der Waals surface area contributed by atoms with E-state index in [1.165, 1.54) is 0 Å². The molecule has 1 saturated carbocycles. The van der Waals surface area contributed by atoms with Gasteiger partial charge in [-0.05, 0) is 43.4 Å². The molecule has 1 aliphatic rings. The second-order valence-corrected chi connectivity index (χ2v) is 4.75. The van der Waals surface area contributed by atoms with Crippen LogP contribution in [-0.4, -0.2) is 16.3 Å². The van der Waals surface area contributed by atoms with Gasteiger partial charge in [-0.25, -0.2) is 4.98 Å². The van der Waals surface area contributed by atoms with Crippen molar-refractivity contribution in [2.75, 3.05) is 5.73 Å². The second-order valence-electron chi connectivity index (χ2n) is 4.75. The molecule has 0 radical (unpaired) electrons. The Balaban J connectivity index is 2.07. The van der Waals surface area contributed by atoms with Crippen LogP contribution in [0.25, 0.3) is 0 Å². The highest BCUT2D eigenvalue weighted by Gasteiger charge is 2.43. The second kappa shape index (κ2) is 3.87. The first-order valence-corrected chi connectivity index (χ1v) is 5.52. The molecule has 0 aromatic carbocycles. The molecular formula is C12H17N3O. The molecule has 86 valence electrons. The fourth-order valence-corrected chi connectivity index (χ4v) is 1.89. The number of ketones is 1. The number of nitrogens with zero attached hydrogens (tertiary/aromatic N) is 1. The summed E-state index contributed by atoms with van der Waals surface area (Å²) in [6.45, 7) is 1.83. The summed E-state index contributed by atoms with van der Waals surface area (Å²) >= 11 is 0. The van der Waals surface area contributed by atoms with Crippen molar-refractivity contribution in [3.63, 3.8) is 0 Å². The molecule has 1 aromatic heterocycles. The molecule has 4 N–H and O–H groups in total. The van der Waals surface area contributed by atoms with Gasteiger partial charge in [0.2, 0.25) is 0 Å². The van der Waals surface area contributed by atoms with Crippen molar-refractivity contribution >= 4 is 11.6 Å². The fraction of sp³-hybridized carbons (Fsp3) is 0.500. The van der Waals surface area contributed by atoms with Crippen molar-refractivity contribution in [3.8, 4) is 0 Å². The Morgan fingerprint density at radius 1 is 1.62 bits per heavy atom. The summed E-state index contributed by atoms with van der Waals surface area (Å²) in [4.78, 5) is 15.9. The molecule has 0 bridgehead atoms. The largest absolute Gasteiger partial charge is 0.384 e. The third kappa shape index (κ3) is 2.22. The lowest BCUT2D eigenvalue weighted by Crippen LogP contribution is -2.47. The topological polar surface area (TPSA) is 82.0 Å². The molecule has 4 heteroatoms. The van der Waals surface area contributed by atoms with Crippen LogP contribution in [0.3, 0.4) is 0 Å². The number of hydrogen-bond acceptors (Lipinski definition) is 4. The maximum absolute atomic E-state index is 12.0. The molecule has 4 nitrogen and oxygen atoms in total. The SMILES string of the molecule is CC(N)(C(=O)Cc1ccnc(N)c1)C1CC1. The summed E-state index contributed by atoms with van der Waals surface area (Å²) in [5.41, 5.74) is 11.8. The van der Waals surface area contributed by atoms with Crippen molar-refractivity contribution in [1.29, 1.82) is 0 Å². The monoisotopic (exact) mass is 219 g/mol. The lowest BCUT2D eigenvalue weighted by molar-refractivity contribution is -0.123. The minimum atomic E-state index is -0.683. The van der Waals surface area contributed by atoms with E-state index in [0.717, 1.165) is 18.4 Å². The standard InChI is InChI=1S/C12H17N3O/c1-12(14,9-2-3-9)10(16)6-8-4-5-15-11(13)7-8/h4-5,7,9H,2-3,6,14H2,1H3,(H2,13,15). The predicted octanol–water partition coefficient (Wildman–Crippen LogP) is 0.903. The average Bonchev–Trinajstić information content (AvgIpc) is 3.00. The van der Waals surface area contributed by atoms with Crippen LogP contribution in [0.15, 0.2) is 18.3 Å². The lowest BCUT2D eigenvalue weighted by Gasteiger charge is -2.22. The van der Waals surface area contributed by atoms with Gasteiger partial charge in [-0.3, -0.25) is 4.79 Å². The van der Waals surface area contributed by atoms with Gasteiger partial charge in [-0.2, -0.15) is 0 Å². The smallest absolute Gasteiger partial charge is 0.156 e. The predicted molar refractivity (Wildman–Crippen MR) is 62.7 cm³/mol. The Kier molecular flexibility index (Phi) is 2.68. The Hall–Kier alpha value is -1.42. The van der Waals surface area contributed by atoms with Crippen molar-refractivity contribution in [1.82, 2.24) is 4.98 Å². The number of carbonyl (C=O) groups is 1. The first-order valence-electron chi connectivity index (χ1n) is 5.52. The van der Waals surface area contributed by atoms with Gasteiger partial charge in [-0.1, -0.05) is 0 Å². The van der Waals surface area contributed by atoms with Gasteiger partial charge in [0.15, 0.2) is 5.78 Å². The number of rotatable bonds is 4. The van der Waals surface area contributed by atoms with Crippen LogP contribution in [0, 0.1) is 5.92 Å². The van der Waals surface area contributed by atoms with E-state index in [2.05, 4.69) is 4.98 Å². The Morgan fingerprint density at radius 3 is 2.88 bits per heavy atom. The van der Waals surface area contributed by atoms with E-state index < -0.39 is 5.54 Å². The summed E-state index contributed by atoms with van der Waals surface area (Å²) < 4.78 is 0. The molecule has 1 aliphatic carbocycles. The summed E-state index contributed by atoms with van der Waals surface area (Å²) in [6.07, 6.45) is 4.09. The van der Waals surface area contributed by atoms with E-state index in [0.29, 0.717) is 18.2 Å². The van der Waals surface area contributed by atoms with Crippen LogP contribution in [0.4, 0.5) is 5.82 Å². The molecule has 0 aliphatic heterocycles. The van der Waals surface area contributed by atoms with Crippen LogP contribution in [0.2, 0.25) is 0 Å². The number of aromatic nitrogens is 1. The number of hydrogen-bond donors (Lipinski definition) is 2. The van der Waals surface area contributed by atoms with E-state index >= 15 is 0 Å². The maximum Gasteiger partial charge on any atom is 0.156 e. The van der Waals surface area contributed by atoms with Gasteiger partial charge >= 0.3 is 0 Å². The summed E-state index contributed by atoms with van der Waals surface area (Å²) in [6, 6.07) is 3.53. The molecule has 0 spiro atoms. The van der Waals surface area contributed by atoms with E-state index in [1.807, 2.05) is 6.92 Å². The van der Waals surface area contributed by atoms with Crippen LogP contribution in [-0.2, 0) is 11.2 Å². The third-order valence-corrected chi connectivity index (χ3v) is 3.24. The maximum atomic E-state index is 12.0. The first kappa shape index (κ1) is 11.1. The first-order chi connectivity index (χ1) is 7.50. The molecule has 16 heavy (non-hydrogen) atoms. The van der Waals surface area contributed by atoms with E-state index in [9.17, 15) is 4.79 Å². The summed E-state index contributed by atoms with van der Waals surface area (Å²) in [5.74, 6) is 0.884. The average molecular weight is 219 g/mol. The Morgan fingerprint density at radius 2 is 2.31 bits per heavy atom. The van der Waals surface area contributed by atoms with Crippen molar-refractivity contribution < 1.29 is 4.79 Å². The van der Waals surface area contributed by atoms with Gasteiger partial charge in [0.1, 0.15) is 5.82 Å². The van der Waals surface area contributed by atoms with Gasteiger partial charge in [0.05, 0.1) is 5.54 Å². The molecule has 1 fully saturated rings. The number of anilines is 1. The van der Waals surface area contributed by atoms with Crippen molar-refractivity contribution in [2.24, 2.45) is 11.7 Å². The molecule has 0 amide bonds. The van der Waals surface area contributed by atoms with Gasteiger partial charge in [0, 0.05) is 12.6 Å². The molecule has 1 atom stereocenters. The zero-order valence-electron chi connectivity index (χ0n) is 9.44. The van der Waals surface area contributed by atoms with Crippen molar-refractivity contribution in [3.05, 3.63) is 23.9 Å². The zero-order valence-corrected chi connectivity index (χ0v) is 9.44. The number of Topliss-reactive ketones (excluding diaryl/α,β-unsaturated/α-hetero) is 1. The molecular weight excluding hydrogens is 202 g/mol. The number of carbonyl (C=O) groups excluding carboxylic acids is 1. The fourth-order valence-electron chi connectivity index (χ4n) is 1.89. The molecule has 0 saturated heterocycles. The number of pyridine rings is 1. The van der Waals surface area contributed by atoms with E-state index in [1.54, 1.807) is 18.3 Å². The normalized spacial score (nSPS) is 19.1.